The summed E-state index contributed by atoms with van der Waals surface area (Å²) in [5.74, 6) is 0. The van der Waals surface area contributed by atoms with Crippen LogP contribution >= 0.6 is 0 Å². The monoisotopic (exact) mass is 1070 g/mol. The zero-order chi connectivity index (χ0) is 55.6. The van der Waals surface area contributed by atoms with E-state index < -0.39 is 37.4 Å². The lowest BCUT2D eigenvalue weighted by Crippen LogP contribution is -2.17. The van der Waals surface area contributed by atoms with Crippen molar-refractivity contribution in [2.75, 3.05) is 17.2 Å². The van der Waals surface area contributed by atoms with Crippen LogP contribution in [0.2, 0.25) is 0 Å². The Bertz CT molecular complexity index is 6050. The molecule has 0 fully saturated rings. The zero-order valence-electron chi connectivity index (χ0n) is 42.1. The predicted molar refractivity (Wildman–Crippen MR) is 324 cm³/mol. The molecule has 4 heterocycles. The molecule has 82 heavy (non-hydrogen) atoms. The van der Waals surface area contributed by atoms with Crippen LogP contribution in [0.15, 0.2) is 167 Å². The summed E-state index contributed by atoms with van der Waals surface area (Å²) in [6.07, 6.45) is 0. The van der Waals surface area contributed by atoms with Gasteiger partial charge in [0.05, 0.1) is 47.6 Å². The van der Waals surface area contributed by atoms with E-state index in [1.54, 1.807) is 65.1 Å². The van der Waals surface area contributed by atoms with Gasteiger partial charge in [-0.2, -0.15) is 0 Å². The largest absolute Gasteiger partial charge is 0.399 e. The zero-order valence-corrected chi connectivity index (χ0v) is 42.1. The number of aromatic nitrogens is 4. The van der Waals surface area contributed by atoms with Crippen LogP contribution in [0, 0.1) is 30.3 Å². The number of nitrogens with zero attached hydrogens (tertiary/aromatic N) is 7. The van der Waals surface area contributed by atoms with Crippen molar-refractivity contribution in [1.82, 2.24) is 18.8 Å². The lowest BCUT2D eigenvalue weighted by atomic mass is 9.86. The summed E-state index contributed by atoms with van der Waals surface area (Å²) in [5.41, 5.74) is 23.5. The van der Waals surface area contributed by atoms with Crippen molar-refractivity contribution in [3.8, 4) is 22.3 Å². The fourth-order valence-corrected chi connectivity index (χ4v) is 13.8. The minimum Gasteiger partial charge on any atom is -0.399 e. The van der Waals surface area contributed by atoms with Crippen LogP contribution in [0.3, 0.4) is 0 Å². The molecule has 18 heteroatoms. The molecule has 0 bridgehead atoms. The Morgan fingerprint density at radius 3 is 1.41 bits per heavy atom. The Labute approximate surface area is 455 Å². The van der Waals surface area contributed by atoms with Crippen LogP contribution in [0.4, 0.5) is 34.1 Å². The number of hydrogen-bond acceptors (Lipinski definition) is 13. The summed E-state index contributed by atoms with van der Waals surface area (Å²) >= 11 is 0. The van der Waals surface area contributed by atoms with E-state index in [4.69, 9.17) is 27.2 Å². The lowest BCUT2D eigenvalue weighted by molar-refractivity contribution is -0.386. The van der Waals surface area contributed by atoms with Gasteiger partial charge in [0.15, 0.2) is 0 Å². The second-order valence-electron chi connectivity index (χ2n) is 20.9. The van der Waals surface area contributed by atoms with Crippen molar-refractivity contribution in [1.29, 1.82) is 0 Å². The van der Waals surface area contributed by atoms with Gasteiger partial charge in [0.1, 0.15) is 11.3 Å². The Morgan fingerprint density at radius 2 is 0.866 bits per heavy atom. The molecule has 0 saturated carbocycles. The lowest BCUT2D eigenvalue weighted by Gasteiger charge is -2.21. The quantitative estimate of drug-likeness (QED) is 0.0476. The molecule has 6 N–H and O–H groups in total. The molecule has 386 valence electrons. The second-order valence-corrected chi connectivity index (χ2v) is 20.9. The topological polar surface area (TPSA) is 276 Å². The van der Waals surface area contributed by atoms with E-state index in [1.807, 2.05) is 72.8 Å². The maximum absolute atomic E-state index is 15.6. The Hall–Kier alpha value is -11.9. The van der Waals surface area contributed by atoms with Gasteiger partial charge in [0.25, 0.3) is 28.2 Å². The van der Waals surface area contributed by atoms with E-state index >= 15 is 9.59 Å². The molecule has 0 unspecified atom stereocenters. The molecule has 18 nitrogen and oxygen atoms in total. The van der Waals surface area contributed by atoms with E-state index in [1.165, 1.54) is 16.5 Å². The highest BCUT2D eigenvalue weighted by Gasteiger charge is 2.33. The summed E-state index contributed by atoms with van der Waals surface area (Å²) in [5, 5.41) is 49.1. The summed E-state index contributed by atoms with van der Waals surface area (Å²) in [6.45, 7) is 0. The highest BCUT2D eigenvalue weighted by Crippen LogP contribution is 2.52. The maximum Gasteiger partial charge on any atom is 0.279 e. The van der Waals surface area contributed by atoms with Gasteiger partial charge in [-0.15, -0.1) is 0 Å². The van der Waals surface area contributed by atoms with E-state index in [0.29, 0.717) is 93.2 Å². The first-order valence-corrected chi connectivity index (χ1v) is 25.9. The molecule has 17 rings (SSSR count). The molecule has 0 aliphatic heterocycles. The van der Waals surface area contributed by atoms with Gasteiger partial charge in [-0.25, -0.2) is 9.97 Å². The number of non-ortho nitro benzene ring substituents is 3. The van der Waals surface area contributed by atoms with Crippen molar-refractivity contribution in [3.05, 3.63) is 209 Å². The van der Waals surface area contributed by atoms with Crippen molar-refractivity contribution in [3.63, 3.8) is 0 Å². The third-order valence-electron chi connectivity index (χ3n) is 17.0. The first kappa shape index (κ1) is 45.1. The predicted octanol–water partition coefficient (Wildman–Crippen LogP) is 13.7. The van der Waals surface area contributed by atoms with Crippen LogP contribution in [0.5, 0.6) is 0 Å². The highest BCUT2D eigenvalue weighted by atomic mass is 16.6. The number of anilines is 3. The first-order chi connectivity index (χ1) is 39.8. The van der Waals surface area contributed by atoms with Gasteiger partial charge < -0.3 is 17.2 Å². The summed E-state index contributed by atoms with van der Waals surface area (Å²) in [4.78, 5) is 78.7. The van der Waals surface area contributed by atoms with Crippen LogP contribution in [0.25, 0.3) is 163 Å². The van der Waals surface area contributed by atoms with Gasteiger partial charge >= 0.3 is 0 Å². The molecule has 0 saturated heterocycles. The van der Waals surface area contributed by atoms with Crippen LogP contribution in [-0.4, -0.2) is 33.5 Å². The third kappa shape index (κ3) is 5.40. The third-order valence-corrected chi connectivity index (χ3v) is 17.0. The molecule has 13 aromatic carbocycles. The van der Waals surface area contributed by atoms with Crippen LogP contribution in [0.1, 0.15) is 0 Å². The average Bonchev–Trinajstić information content (AvgIpc) is 0.926. The Morgan fingerprint density at radius 1 is 0.390 bits per heavy atom. The fourth-order valence-electron chi connectivity index (χ4n) is 13.8. The fraction of sp³-hybridized carbons (Fsp3) is 0. The van der Waals surface area contributed by atoms with E-state index in [2.05, 4.69) is 0 Å². The van der Waals surface area contributed by atoms with Crippen molar-refractivity contribution >= 4 is 175 Å². The molecule has 0 aliphatic rings. The van der Waals surface area contributed by atoms with Crippen LogP contribution in [-0.2, 0) is 0 Å². The standard InChI is InChI=1S/C64H32N10O8/c65-29-23-41-53-45(24-29)70-61(68-59(53)55-42(66)20-19-31(54(55)58(41)67)27-7-3-1-4-8-27)36-15-11-32-35-14-18-39-51-37(16-12-33(49(35)51)34-13-17-38(63(70)75)50(36)48(32)34)62-69-60-52-40(25-30(72(77)78)26-46(52)71(62)64(39)76)47(28-9-5-2-6-10-28)56-43(73(79)80)21-22-44(57(56)60)74(81)82/h1-26H,65-67H2. The number of nitrogens with two attached hydrogens (primary N) is 3. The van der Waals surface area contributed by atoms with Gasteiger partial charge in [-0.05, 0) is 91.5 Å². The number of hydrogen-bond donors (Lipinski definition) is 3. The molecule has 4 aromatic heterocycles. The number of nitrogen functional groups attached to an aromatic ring is 3. The van der Waals surface area contributed by atoms with Gasteiger partial charge in [0, 0.05) is 112 Å². The van der Waals surface area contributed by atoms with Crippen LogP contribution < -0.4 is 28.3 Å². The number of fused-ring (bicyclic) bond motifs is 12. The average molecular weight is 1070 g/mol. The van der Waals surface area contributed by atoms with Gasteiger partial charge in [0.2, 0.25) is 0 Å². The minimum absolute atomic E-state index is 0.0175. The number of pyridine rings is 2. The van der Waals surface area contributed by atoms with Crippen molar-refractivity contribution < 1.29 is 14.8 Å². The molecular weight excluding hydrogens is 1040 g/mol. The van der Waals surface area contributed by atoms with Crippen molar-refractivity contribution in [2.45, 2.75) is 0 Å². The number of benzene rings is 13. The van der Waals surface area contributed by atoms with Gasteiger partial charge in [-0.1, -0.05) is 91.0 Å². The highest BCUT2D eigenvalue weighted by molar-refractivity contribution is 6.42. The number of nitro groups is 3. The summed E-state index contributed by atoms with van der Waals surface area (Å²) in [7, 11) is 0. The smallest absolute Gasteiger partial charge is 0.279 e. The minimum atomic E-state index is -0.645. The van der Waals surface area contributed by atoms with Gasteiger partial charge in [-0.3, -0.25) is 48.7 Å². The van der Waals surface area contributed by atoms with Crippen molar-refractivity contribution in [2.24, 2.45) is 0 Å². The molecule has 0 spiro atoms. The summed E-state index contributed by atoms with van der Waals surface area (Å²) in [6, 6.07) is 45.2. The molecule has 0 radical (unpaired) electrons. The molecule has 0 aliphatic carbocycles. The Balaban J connectivity index is 1.02. The molecule has 0 atom stereocenters. The molecular formula is C64H32N10O8. The van der Waals surface area contributed by atoms with E-state index in [-0.39, 0.29) is 54.7 Å². The normalized spacial score (nSPS) is 12.4. The second kappa shape index (κ2) is 15.2. The van der Waals surface area contributed by atoms with E-state index in [9.17, 15) is 30.3 Å². The maximum atomic E-state index is 15.6. The number of rotatable bonds is 5. The first-order valence-electron chi connectivity index (χ1n) is 25.9. The van der Waals surface area contributed by atoms with E-state index in [0.717, 1.165) is 50.2 Å². The Kier molecular flexibility index (Phi) is 8.37. The SMILES string of the molecule is Nc1cc2c(N)c3c(-c4ccccc4)ccc(N)c3c3nc4c5ccc6c7ccc8c(=O)n9c%10cc([N+](=O)[O-])cc%11c(-c%12ccccc%12)c%12c([N+](=O)[O-])ccc([N+](=O)[O-])c%12c(nc9c9ccc(c%12ccc(c(=O)n4c(c1)c23)c5c6%12)c7c89)c%11%10. The molecule has 17 aromatic rings. The summed E-state index contributed by atoms with van der Waals surface area (Å²) < 4.78 is 2.90. The number of nitro benzene ring substituents is 3. The molecule has 0 amide bonds.